The second-order valence-corrected chi connectivity index (χ2v) is 12.0. The average Bonchev–Trinajstić information content (AvgIpc) is 2.89. The summed E-state index contributed by atoms with van der Waals surface area (Å²) < 4.78 is 114. The van der Waals surface area contributed by atoms with Crippen molar-refractivity contribution in [3.05, 3.63) is 29.3 Å². The van der Waals surface area contributed by atoms with Crippen LogP contribution in [-0.2, 0) is 46.0 Å². The van der Waals surface area contributed by atoms with Gasteiger partial charge in [-0.25, -0.2) is 25.3 Å². The molecule has 0 aromatic heterocycles. The zero-order valence-corrected chi connectivity index (χ0v) is 28.7. The van der Waals surface area contributed by atoms with Gasteiger partial charge in [0.05, 0.1) is 0 Å². The monoisotopic (exact) mass is 594 g/mol. The quantitative estimate of drug-likeness (QED) is 0.171. The third-order valence-electron chi connectivity index (χ3n) is 7.27. The van der Waals surface area contributed by atoms with Crippen LogP contribution in [0.4, 0.5) is 0 Å². The normalized spacial score (nSPS) is 31.4. The molecule has 4 rings (SSSR count). The fourth-order valence-corrected chi connectivity index (χ4v) is 7.63. The van der Waals surface area contributed by atoms with E-state index in [1.165, 1.54) is 12.1 Å². The first kappa shape index (κ1) is 35.7. The SMILES string of the molecule is C[C@]12CCC3c4ccc(OS(=O)(=O)[O-])cc4CCC3C1CC(OS(=O)(=O)[O-])C2OS(=O)(=O)[O-].[Na+].[Na+].[Na+]. The van der Waals surface area contributed by atoms with E-state index in [2.05, 4.69) is 8.37 Å². The van der Waals surface area contributed by atoms with Gasteiger partial charge in [-0.2, -0.15) is 0 Å². The minimum absolute atomic E-state index is 0. The standard InChI is InChI=1S/C18H24O12S3.3Na/c1-18-7-6-13-12-5-3-11(28-31(19,20)21)8-10(12)2-4-14(13)15(18)9-16(29-32(22,23)24)17(18)30-33(25,26)27;;;/h3,5,8,13-17H,2,4,6-7,9H2,1H3,(H,19,20,21)(H,22,23,24)(H,25,26,27);;;/q;3*+1/p-3/t13?,14?,15?,16?,17?,18-;;;/m0.../s1. The second kappa shape index (κ2) is 12.7. The van der Waals surface area contributed by atoms with Crippen molar-refractivity contribution in [3.63, 3.8) is 0 Å². The number of fused-ring (bicyclic) bond motifs is 5. The number of aryl methyl sites for hydroxylation is 1. The van der Waals surface area contributed by atoms with Crippen molar-refractivity contribution in [3.8, 4) is 5.75 Å². The summed E-state index contributed by atoms with van der Waals surface area (Å²) in [7, 11) is -15.3. The summed E-state index contributed by atoms with van der Waals surface area (Å²) in [6.07, 6.45) is -0.831. The van der Waals surface area contributed by atoms with Gasteiger partial charge in [0.15, 0.2) is 0 Å². The molecule has 186 valence electrons. The molecule has 1 aromatic rings. The molecule has 5 unspecified atom stereocenters. The van der Waals surface area contributed by atoms with Crippen molar-refractivity contribution < 1.29 is 140 Å². The van der Waals surface area contributed by atoms with Gasteiger partial charge in [-0.1, -0.05) is 13.0 Å². The Morgan fingerprint density at radius 2 is 1.50 bits per heavy atom. The van der Waals surface area contributed by atoms with E-state index in [1.807, 2.05) is 0 Å². The van der Waals surface area contributed by atoms with E-state index < -0.39 is 48.8 Å². The fraction of sp³-hybridized carbons (Fsp3) is 0.667. The van der Waals surface area contributed by atoms with E-state index >= 15 is 0 Å². The van der Waals surface area contributed by atoms with Gasteiger partial charge in [-0.05, 0) is 73.1 Å². The summed E-state index contributed by atoms with van der Waals surface area (Å²) in [6, 6.07) is 4.55. The Kier molecular flexibility index (Phi) is 12.6. The largest absolute Gasteiger partial charge is 1.00 e. The van der Waals surface area contributed by atoms with Crippen molar-refractivity contribution in [2.45, 2.75) is 57.2 Å². The van der Waals surface area contributed by atoms with Crippen LogP contribution < -0.4 is 92.9 Å². The Balaban J connectivity index is 0.00000216. The topological polar surface area (TPSA) is 199 Å². The van der Waals surface area contributed by atoms with Crippen molar-refractivity contribution in [1.82, 2.24) is 0 Å². The molecule has 0 aliphatic heterocycles. The molecular weight excluding hydrogens is 573 g/mol. The molecule has 18 heteroatoms. The molecule has 12 nitrogen and oxygen atoms in total. The van der Waals surface area contributed by atoms with Gasteiger partial charge in [-0.15, -0.1) is 0 Å². The molecule has 2 saturated carbocycles. The molecular formula is C18H21Na3O12S3. The minimum Gasteiger partial charge on any atom is -0.726 e. The molecule has 0 saturated heterocycles. The summed E-state index contributed by atoms with van der Waals surface area (Å²) in [5, 5.41) is 0. The van der Waals surface area contributed by atoms with Crippen LogP contribution in [0.25, 0.3) is 0 Å². The van der Waals surface area contributed by atoms with E-state index in [4.69, 9.17) is 4.18 Å². The Labute approximate surface area is 277 Å². The molecule has 36 heavy (non-hydrogen) atoms. The number of benzene rings is 1. The first-order chi connectivity index (χ1) is 15.1. The van der Waals surface area contributed by atoms with E-state index in [9.17, 15) is 38.9 Å². The van der Waals surface area contributed by atoms with Crippen LogP contribution in [0, 0.1) is 17.3 Å². The van der Waals surface area contributed by atoms with Crippen LogP contribution in [0.15, 0.2) is 18.2 Å². The third-order valence-corrected chi connectivity index (χ3v) is 8.59. The zero-order chi connectivity index (χ0) is 24.4. The van der Waals surface area contributed by atoms with Gasteiger partial charge in [0, 0.05) is 5.41 Å². The molecule has 3 aliphatic rings. The fourth-order valence-electron chi connectivity index (χ4n) is 6.21. The van der Waals surface area contributed by atoms with Crippen LogP contribution in [0.5, 0.6) is 5.75 Å². The average molecular weight is 595 g/mol. The van der Waals surface area contributed by atoms with Crippen LogP contribution in [-0.4, -0.2) is 51.1 Å². The van der Waals surface area contributed by atoms with Crippen LogP contribution in [0.2, 0.25) is 0 Å². The van der Waals surface area contributed by atoms with Gasteiger partial charge >= 0.3 is 88.7 Å². The molecule has 1 aromatic carbocycles. The molecule has 2 fully saturated rings. The Morgan fingerprint density at radius 1 is 0.889 bits per heavy atom. The van der Waals surface area contributed by atoms with Crippen LogP contribution in [0.3, 0.4) is 0 Å². The second-order valence-electron chi connectivity index (χ2n) is 9.02. The molecule has 0 N–H and O–H groups in total. The third kappa shape index (κ3) is 8.12. The molecule has 0 amide bonds. The number of rotatable bonds is 6. The zero-order valence-electron chi connectivity index (χ0n) is 20.3. The maximum absolute atomic E-state index is 11.4. The summed E-state index contributed by atoms with van der Waals surface area (Å²) in [5.74, 6) is -0.487. The van der Waals surface area contributed by atoms with E-state index in [0.717, 1.165) is 11.1 Å². The van der Waals surface area contributed by atoms with Crippen LogP contribution >= 0.6 is 0 Å². The van der Waals surface area contributed by atoms with E-state index in [-0.39, 0.29) is 119 Å². The number of hydrogen-bond donors (Lipinski definition) is 0. The smallest absolute Gasteiger partial charge is 0.726 e. The maximum Gasteiger partial charge on any atom is 1.00 e. The Hall–Kier alpha value is 1.67. The Bertz CT molecular complexity index is 1270. The molecule has 3 aliphatic carbocycles. The van der Waals surface area contributed by atoms with E-state index in [0.29, 0.717) is 25.7 Å². The minimum atomic E-state index is -5.20. The number of hydrogen-bond acceptors (Lipinski definition) is 12. The van der Waals surface area contributed by atoms with Gasteiger partial charge in [0.1, 0.15) is 18.0 Å². The predicted molar refractivity (Wildman–Crippen MR) is 106 cm³/mol. The maximum atomic E-state index is 11.4. The predicted octanol–water partition coefficient (Wildman–Crippen LogP) is -8.31. The summed E-state index contributed by atoms with van der Waals surface area (Å²) >= 11 is 0. The molecule has 0 radical (unpaired) electrons. The van der Waals surface area contributed by atoms with Gasteiger partial charge < -0.3 is 17.8 Å². The Morgan fingerprint density at radius 3 is 2.06 bits per heavy atom. The summed E-state index contributed by atoms with van der Waals surface area (Å²) in [5.41, 5.74) is 0.799. The summed E-state index contributed by atoms with van der Waals surface area (Å²) in [4.78, 5) is 0. The van der Waals surface area contributed by atoms with Gasteiger partial charge in [-0.3, -0.25) is 8.37 Å². The first-order valence-corrected chi connectivity index (χ1v) is 14.1. The van der Waals surface area contributed by atoms with Crippen molar-refractivity contribution in [2.75, 3.05) is 0 Å². The van der Waals surface area contributed by atoms with Gasteiger partial charge in [0.2, 0.25) is 20.8 Å². The molecule has 6 atom stereocenters. The van der Waals surface area contributed by atoms with E-state index in [1.54, 1.807) is 13.0 Å². The molecule has 0 bridgehead atoms. The first-order valence-electron chi connectivity index (χ1n) is 10.1. The van der Waals surface area contributed by atoms with Gasteiger partial charge in [0.25, 0.3) is 10.4 Å². The molecule has 0 spiro atoms. The van der Waals surface area contributed by atoms with Crippen molar-refractivity contribution in [1.29, 1.82) is 0 Å². The van der Waals surface area contributed by atoms with Crippen LogP contribution in [0.1, 0.15) is 49.7 Å². The van der Waals surface area contributed by atoms with Crippen molar-refractivity contribution >= 4 is 31.2 Å². The van der Waals surface area contributed by atoms with Crippen molar-refractivity contribution in [2.24, 2.45) is 17.3 Å². The summed E-state index contributed by atoms with van der Waals surface area (Å²) in [6.45, 7) is 1.70. The molecule has 0 heterocycles.